The van der Waals surface area contributed by atoms with E-state index in [2.05, 4.69) is 32.2 Å². The second kappa shape index (κ2) is 5.26. The Labute approximate surface area is 91.5 Å². The van der Waals surface area contributed by atoms with Gasteiger partial charge in [-0.25, -0.2) is 0 Å². The Bertz CT molecular complexity index is 290. The van der Waals surface area contributed by atoms with Crippen molar-refractivity contribution in [2.45, 2.75) is 31.9 Å². The van der Waals surface area contributed by atoms with Crippen LogP contribution in [0.25, 0.3) is 0 Å². The van der Waals surface area contributed by atoms with Crippen molar-refractivity contribution >= 4 is 11.8 Å². The molecule has 0 amide bonds. The summed E-state index contributed by atoms with van der Waals surface area (Å²) >= 11 is 1.91. The minimum atomic E-state index is 0.829. The van der Waals surface area contributed by atoms with Gasteiger partial charge >= 0.3 is 0 Å². The van der Waals surface area contributed by atoms with Gasteiger partial charge in [0.1, 0.15) is 0 Å². The number of rotatable bonds is 5. The van der Waals surface area contributed by atoms with Crippen LogP contribution in [0.15, 0.2) is 47.4 Å². The van der Waals surface area contributed by atoms with Gasteiger partial charge in [0, 0.05) is 10.2 Å². The Kier molecular flexibility index (Phi) is 4.27. The molecule has 1 saturated carbocycles. The summed E-state index contributed by atoms with van der Waals surface area (Å²) in [6.07, 6.45) is 8.95. The van der Waals surface area contributed by atoms with Crippen molar-refractivity contribution in [3.63, 3.8) is 0 Å². The first-order valence-electron chi connectivity index (χ1n) is 4.99. The van der Waals surface area contributed by atoms with Gasteiger partial charge in [0.05, 0.1) is 0 Å². The summed E-state index contributed by atoms with van der Waals surface area (Å²) in [4.78, 5) is 1.19. The van der Waals surface area contributed by atoms with E-state index in [-0.39, 0.29) is 0 Å². The highest BCUT2D eigenvalue weighted by molar-refractivity contribution is 8.04. The van der Waals surface area contributed by atoms with E-state index in [0.29, 0.717) is 0 Å². The van der Waals surface area contributed by atoms with Gasteiger partial charge in [0.25, 0.3) is 0 Å². The van der Waals surface area contributed by atoms with Gasteiger partial charge in [-0.2, -0.15) is 0 Å². The van der Waals surface area contributed by atoms with Crippen LogP contribution in [0.2, 0.25) is 0 Å². The zero-order chi connectivity index (χ0) is 10.6. The van der Waals surface area contributed by atoms with E-state index in [1.807, 2.05) is 24.8 Å². The SMILES string of the molecule is C=C(C)/C=C\C(=C/C)C(=C)SC1CC1. The lowest BCUT2D eigenvalue weighted by molar-refractivity contribution is 1.49. The van der Waals surface area contributed by atoms with Crippen molar-refractivity contribution in [1.29, 1.82) is 0 Å². The van der Waals surface area contributed by atoms with E-state index < -0.39 is 0 Å². The molecule has 0 nitrogen and oxygen atoms in total. The molecule has 0 N–H and O–H groups in total. The minimum Gasteiger partial charge on any atom is -0.123 e. The van der Waals surface area contributed by atoms with Crippen LogP contribution in [0.3, 0.4) is 0 Å². The summed E-state index contributed by atoms with van der Waals surface area (Å²) in [5, 5.41) is 0.829. The lowest BCUT2D eigenvalue weighted by Crippen LogP contribution is -1.82. The molecule has 1 heteroatoms. The van der Waals surface area contributed by atoms with Gasteiger partial charge in [-0.15, -0.1) is 11.8 Å². The first-order valence-corrected chi connectivity index (χ1v) is 5.87. The van der Waals surface area contributed by atoms with Crippen LogP contribution in [0.5, 0.6) is 0 Å². The minimum absolute atomic E-state index is 0.829. The average molecular weight is 206 g/mol. The van der Waals surface area contributed by atoms with Crippen molar-refractivity contribution in [3.8, 4) is 0 Å². The van der Waals surface area contributed by atoms with Crippen LogP contribution in [-0.2, 0) is 0 Å². The third kappa shape index (κ3) is 4.01. The molecule has 0 unspecified atom stereocenters. The number of hydrogen-bond donors (Lipinski definition) is 0. The molecule has 0 radical (unpaired) electrons. The molecule has 1 aliphatic rings. The Balaban J connectivity index is 2.52. The van der Waals surface area contributed by atoms with Crippen molar-refractivity contribution in [2.75, 3.05) is 0 Å². The molecule has 0 atom stereocenters. The topological polar surface area (TPSA) is 0 Å². The molecule has 0 aromatic heterocycles. The fourth-order valence-electron chi connectivity index (χ4n) is 1.04. The van der Waals surface area contributed by atoms with Crippen molar-refractivity contribution in [2.24, 2.45) is 0 Å². The largest absolute Gasteiger partial charge is 0.123 e. The summed E-state index contributed by atoms with van der Waals surface area (Å²) in [7, 11) is 0. The predicted molar refractivity (Wildman–Crippen MR) is 67.5 cm³/mol. The molecular weight excluding hydrogens is 188 g/mol. The maximum absolute atomic E-state index is 4.10. The molecule has 0 spiro atoms. The second-order valence-electron chi connectivity index (χ2n) is 3.66. The number of thioether (sulfide) groups is 1. The Morgan fingerprint density at radius 2 is 1.93 bits per heavy atom. The Morgan fingerprint density at radius 3 is 2.36 bits per heavy atom. The van der Waals surface area contributed by atoms with Gasteiger partial charge < -0.3 is 0 Å². The van der Waals surface area contributed by atoms with Crippen LogP contribution in [0, 0.1) is 0 Å². The fourth-order valence-corrected chi connectivity index (χ4v) is 2.13. The monoisotopic (exact) mass is 206 g/mol. The first-order chi connectivity index (χ1) is 6.63. The lowest BCUT2D eigenvalue weighted by atomic mass is 10.2. The van der Waals surface area contributed by atoms with Crippen molar-refractivity contribution < 1.29 is 0 Å². The van der Waals surface area contributed by atoms with Crippen molar-refractivity contribution in [3.05, 3.63) is 47.4 Å². The molecule has 0 aliphatic heterocycles. The van der Waals surface area contributed by atoms with E-state index >= 15 is 0 Å². The Morgan fingerprint density at radius 1 is 1.29 bits per heavy atom. The predicted octanol–water partition coefficient (Wildman–Crippen LogP) is 4.47. The number of hydrogen-bond acceptors (Lipinski definition) is 1. The van der Waals surface area contributed by atoms with Crippen LogP contribution >= 0.6 is 11.8 Å². The van der Waals surface area contributed by atoms with Crippen LogP contribution in [0.1, 0.15) is 26.7 Å². The maximum atomic E-state index is 4.10. The maximum Gasteiger partial charge on any atom is 0.00952 e. The van der Waals surface area contributed by atoms with E-state index in [1.54, 1.807) is 0 Å². The van der Waals surface area contributed by atoms with Crippen molar-refractivity contribution in [1.82, 2.24) is 0 Å². The summed E-state index contributed by atoms with van der Waals surface area (Å²) in [6.45, 7) is 12.0. The van der Waals surface area contributed by atoms with Gasteiger partial charge in [-0.05, 0) is 32.3 Å². The highest BCUT2D eigenvalue weighted by Gasteiger charge is 2.23. The summed E-state index contributed by atoms with van der Waals surface area (Å²) in [6, 6.07) is 0. The Hall–Kier alpha value is -0.690. The van der Waals surface area contributed by atoms with E-state index in [4.69, 9.17) is 0 Å². The third-order valence-electron chi connectivity index (χ3n) is 2.01. The van der Waals surface area contributed by atoms with Crippen LogP contribution < -0.4 is 0 Å². The van der Waals surface area contributed by atoms with E-state index in [9.17, 15) is 0 Å². The van der Waals surface area contributed by atoms with Gasteiger partial charge in [0.2, 0.25) is 0 Å². The summed E-state index contributed by atoms with van der Waals surface area (Å²) in [5.41, 5.74) is 2.30. The summed E-state index contributed by atoms with van der Waals surface area (Å²) < 4.78 is 0. The molecule has 0 bridgehead atoms. The van der Waals surface area contributed by atoms with Gasteiger partial charge in [-0.1, -0.05) is 37.0 Å². The highest BCUT2D eigenvalue weighted by atomic mass is 32.2. The van der Waals surface area contributed by atoms with Crippen LogP contribution in [-0.4, -0.2) is 5.25 Å². The highest BCUT2D eigenvalue weighted by Crippen LogP contribution is 2.40. The molecule has 76 valence electrons. The zero-order valence-corrected chi connectivity index (χ0v) is 9.86. The molecule has 0 heterocycles. The zero-order valence-electron chi connectivity index (χ0n) is 9.05. The lowest BCUT2D eigenvalue weighted by Gasteiger charge is -2.04. The number of allylic oxidation sites excluding steroid dienone is 5. The third-order valence-corrected chi connectivity index (χ3v) is 3.34. The van der Waals surface area contributed by atoms with E-state index in [1.165, 1.54) is 23.3 Å². The van der Waals surface area contributed by atoms with E-state index in [0.717, 1.165) is 10.8 Å². The normalized spacial score (nSPS) is 17.4. The molecule has 0 aromatic rings. The molecule has 1 fully saturated rings. The summed E-state index contributed by atoms with van der Waals surface area (Å²) in [5.74, 6) is 0. The molecule has 0 saturated heterocycles. The molecule has 1 rings (SSSR count). The smallest absolute Gasteiger partial charge is 0.00952 e. The molecular formula is C13H18S. The fraction of sp³-hybridized carbons (Fsp3) is 0.385. The molecule has 1 aliphatic carbocycles. The molecule has 0 aromatic carbocycles. The van der Waals surface area contributed by atoms with Gasteiger partial charge in [0.15, 0.2) is 0 Å². The van der Waals surface area contributed by atoms with Gasteiger partial charge in [-0.3, -0.25) is 0 Å². The average Bonchev–Trinajstić information content (AvgIpc) is 2.88. The first kappa shape index (κ1) is 11.4. The second-order valence-corrected chi connectivity index (χ2v) is 5.06. The molecule has 14 heavy (non-hydrogen) atoms. The quantitative estimate of drug-likeness (QED) is 0.598. The van der Waals surface area contributed by atoms with Crippen LogP contribution in [0.4, 0.5) is 0 Å². The standard InChI is InChI=1S/C13H18S/c1-5-12(7-6-10(2)3)11(4)14-13-8-9-13/h5-7,13H,2,4,8-9H2,1,3H3/b7-6-,12-5+.